The molecule has 29 heavy (non-hydrogen) atoms. The quantitative estimate of drug-likeness (QED) is 0.549. The van der Waals surface area contributed by atoms with Crippen molar-refractivity contribution in [3.05, 3.63) is 71.0 Å². The van der Waals surface area contributed by atoms with Gasteiger partial charge in [0.2, 0.25) is 0 Å². The van der Waals surface area contributed by atoms with Gasteiger partial charge in [0.1, 0.15) is 0 Å². The van der Waals surface area contributed by atoms with Crippen LogP contribution in [0.25, 0.3) is 21.8 Å². The molecule has 2 aliphatic rings. The minimum atomic E-state index is -0.0704. The van der Waals surface area contributed by atoms with Crippen molar-refractivity contribution in [2.75, 3.05) is 20.1 Å². The third-order valence-electron chi connectivity index (χ3n) is 6.64. The highest BCUT2D eigenvalue weighted by Gasteiger charge is 2.38. The van der Waals surface area contributed by atoms with E-state index in [9.17, 15) is 4.79 Å². The average Bonchev–Trinajstić information content (AvgIpc) is 3.50. The van der Waals surface area contributed by atoms with Gasteiger partial charge in [-0.2, -0.15) is 0 Å². The summed E-state index contributed by atoms with van der Waals surface area (Å²) in [5.74, 6) is 0.102. The minimum Gasteiger partial charge on any atom is -0.361 e. The molecule has 0 aliphatic carbocycles. The lowest BCUT2D eigenvalue weighted by atomic mass is 9.94. The maximum absolute atomic E-state index is 13.2. The normalized spacial score (nSPS) is 19.7. The summed E-state index contributed by atoms with van der Waals surface area (Å²) < 4.78 is 0. The Morgan fingerprint density at radius 3 is 2.76 bits per heavy atom. The molecule has 0 bridgehead atoms. The zero-order valence-corrected chi connectivity index (χ0v) is 16.5. The van der Waals surface area contributed by atoms with Crippen LogP contribution in [0.1, 0.15) is 46.1 Å². The maximum atomic E-state index is 13.2. The van der Waals surface area contributed by atoms with Crippen LogP contribution in [0, 0.1) is 0 Å². The molecule has 1 fully saturated rings. The topological polar surface area (TPSA) is 55.1 Å². The molecule has 0 spiro atoms. The minimum absolute atomic E-state index is 0.0704. The van der Waals surface area contributed by atoms with Crippen LogP contribution in [0.4, 0.5) is 0 Å². The largest absolute Gasteiger partial charge is 0.361 e. The van der Waals surface area contributed by atoms with E-state index < -0.39 is 0 Å². The molecule has 5 nitrogen and oxygen atoms in total. The molecular formula is C24H24N4O. The van der Waals surface area contributed by atoms with Gasteiger partial charge >= 0.3 is 0 Å². The molecule has 1 amide bonds. The van der Waals surface area contributed by atoms with Crippen molar-refractivity contribution < 1.29 is 4.79 Å². The number of carbonyl (C=O) groups excluding carboxylic acids is 1. The molecule has 2 aromatic carbocycles. The van der Waals surface area contributed by atoms with E-state index in [0.717, 1.165) is 47.2 Å². The standard InChI is InChI=1S/C24H24N4O/c1-27-23(17-13-20-15(8-9-25-20)12-18(17)24(27)29)22-16-6-2-3-7-19(16)26-21(22)14-28-10-4-5-11-28/h2-3,6-9,12-13,23,25-26H,4-5,10-11,14H2,1H3. The summed E-state index contributed by atoms with van der Waals surface area (Å²) >= 11 is 0. The number of likely N-dealkylation sites (tertiary alicyclic amines) is 1. The lowest BCUT2D eigenvalue weighted by molar-refractivity contribution is 0.0793. The predicted octanol–water partition coefficient (Wildman–Crippen LogP) is 4.42. The number of amides is 1. The van der Waals surface area contributed by atoms with Crippen molar-refractivity contribution in [3.63, 3.8) is 0 Å². The van der Waals surface area contributed by atoms with E-state index in [4.69, 9.17) is 0 Å². The first-order valence-corrected chi connectivity index (χ1v) is 10.4. The number of nitrogens with one attached hydrogen (secondary N) is 2. The van der Waals surface area contributed by atoms with Crippen LogP contribution >= 0.6 is 0 Å². The fourth-order valence-corrected chi connectivity index (χ4v) is 5.21. The number of aromatic nitrogens is 2. The second-order valence-corrected chi connectivity index (χ2v) is 8.37. The van der Waals surface area contributed by atoms with Crippen molar-refractivity contribution in [1.29, 1.82) is 0 Å². The summed E-state index contributed by atoms with van der Waals surface area (Å²) in [5.41, 5.74) is 6.62. The molecule has 6 rings (SSSR count). The van der Waals surface area contributed by atoms with Gasteiger partial charge in [-0.15, -0.1) is 0 Å². The van der Waals surface area contributed by atoms with Crippen LogP contribution in [-0.2, 0) is 6.54 Å². The van der Waals surface area contributed by atoms with Crippen molar-refractivity contribution in [2.24, 2.45) is 0 Å². The van der Waals surface area contributed by atoms with Crippen LogP contribution in [0.2, 0.25) is 0 Å². The van der Waals surface area contributed by atoms with Crippen molar-refractivity contribution in [3.8, 4) is 0 Å². The van der Waals surface area contributed by atoms with E-state index in [1.54, 1.807) is 0 Å². The van der Waals surface area contributed by atoms with E-state index in [1.807, 2.05) is 30.3 Å². The van der Waals surface area contributed by atoms with Gasteiger partial charge in [-0.3, -0.25) is 9.69 Å². The second-order valence-electron chi connectivity index (χ2n) is 8.37. The lowest BCUT2D eigenvalue weighted by Crippen LogP contribution is -2.26. The predicted molar refractivity (Wildman–Crippen MR) is 115 cm³/mol. The zero-order chi connectivity index (χ0) is 19.5. The molecule has 1 saturated heterocycles. The number of hydrogen-bond donors (Lipinski definition) is 2. The molecule has 5 heteroatoms. The summed E-state index contributed by atoms with van der Waals surface area (Å²) in [7, 11) is 1.93. The molecule has 1 atom stereocenters. The number of para-hydroxylation sites is 1. The summed E-state index contributed by atoms with van der Waals surface area (Å²) in [6.45, 7) is 3.20. The Bertz CT molecular complexity index is 1240. The van der Waals surface area contributed by atoms with Crippen LogP contribution in [0.3, 0.4) is 0 Å². The number of aromatic amines is 2. The highest BCUT2D eigenvalue weighted by atomic mass is 16.2. The van der Waals surface area contributed by atoms with Crippen molar-refractivity contribution in [2.45, 2.75) is 25.4 Å². The zero-order valence-electron chi connectivity index (χ0n) is 16.5. The molecule has 0 saturated carbocycles. The fraction of sp³-hybridized carbons (Fsp3) is 0.292. The van der Waals surface area contributed by atoms with Crippen LogP contribution in [-0.4, -0.2) is 45.8 Å². The van der Waals surface area contributed by atoms with Gasteiger partial charge in [-0.25, -0.2) is 0 Å². The van der Waals surface area contributed by atoms with E-state index in [2.05, 4.69) is 45.2 Å². The SMILES string of the molecule is CN1C(=O)c2cc3cc[nH]c3cc2C1c1c(CN2CCCC2)[nH]c2ccccc12. The maximum Gasteiger partial charge on any atom is 0.254 e. The summed E-state index contributed by atoms with van der Waals surface area (Å²) in [4.78, 5) is 24.6. The third kappa shape index (κ3) is 2.47. The van der Waals surface area contributed by atoms with Gasteiger partial charge in [-0.05, 0) is 55.8 Å². The first-order chi connectivity index (χ1) is 14.2. The Labute approximate surface area is 169 Å². The Morgan fingerprint density at radius 1 is 1.07 bits per heavy atom. The third-order valence-corrected chi connectivity index (χ3v) is 6.64. The number of hydrogen-bond acceptors (Lipinski definition) is 2. The van der Waals surface area contributed by atoms with Crippen LogP contribution in [0.15, 0.2) is 48.7 Å². The Morgan fingerprint density at radius 2 is 1.90 bits per heavy atom. The number of carbonyl (C=O) groups is 1. The van der Waals surface area contributed by atoms with Gasteiger partial charge in [0.15, 0.2) is 0 Å². The molecular weight excluding hydrogens is 360 g/mol. The highest BCUT2D eigenvalue weighted by Crippen LogP contribution is 2.43. The molecule has 146 valence electrons. The van der Waals surface area contributed by atoms with Gasteiger partial charge in [0, 0.05) is 58.4 Å². The van der Waals surface area contributed by atoms with Gasteiger partial charge < -0.3 is 14.9 Å². The summed E-state index contributed by atoms with van der Waals surface area (Å²) in [6.07, 6.45) is 4.48. The highest BCUT2D eigenvalue weighted by molar-refractivity contribution is 6.04. The van der Waals surface area contributed by atoms with Gasteiger partial charge in [0.25, 0.3) is 5.91 Å². The van der Waals surface area contributed by atoms with Gasteiger partial charge in [-0.1, -0.05) is 18.2 Å². The molecule has 4 aromatic rings. The van der Waals surface area contributed by atoms with E-state index in [1.165, 1.54) is 29.5 Å². The number of rotatable bonds is 3. The molecule has 1 unspecified atom stereocenters. The van der Waals surface area contributed by atoms with Crippen LogP contribution in [0.5, 0.6) is 0 Å². The Hall–Kier alpha value is -3.05. The number of fused-ring (bicyclic) bond motifs is 3. The second kappa shape index (κ2) is 6.22. The van der Waals surface area contributed by atoms with E-state index >= 15 is 0 Å². The number of nitrogens with zero attached hydrogens (tertiary/aromatic N) is 2. The molecule has 2 N–H and O–H groups in total. The van der Waals surface area contributed by atoms with Crippen molar-refractivity contribution >= 4 is 27.7 Å². The van der Waals surface area contributed by atoms with Crippen LogP contribution < -0.4 is 0 Å². The first kappa shape index (κ1) is 16.9. The Kier molecular flexibility index (Phi) is 3.62. The number of H-pyrrole nitrogens is 2. The molecule has 4 heterocycles. The van der Waals surface area contributed by atoms with E-state index in [0.29, 0.717) is 0 Å². The molecule has 2 aromatic heterocycles. The van der Waals surface area contributed by atoms with E-state index in [-0.39, 0.29) is 11.9 Å². The van der Waals surface area contributed by atoms with Crippen molar-refractivity contribution in [1.82, 2.24) is 19.8 Å². The lowest BCUT2D eigenvalue weighted by Gasteiger charge is -2.24. The molecule has 2 aliphatic heterocycles. The van der Waals surface area contributed by atoms with Gasteiger partial charge in [0.05, 0.1) is 6.04 Å². The Balaban J connectivity index is 1.57. The first-order valence-electron chi connectivity index (χ1n) is 10.4. The average molecular weight is 384 g/mol. The fourth-order valence-electron chi connectivity index (χ4n) is 5.21. The summed E-state index contributed by atoms with van der Waals surface area (Å²) in [5, 5.41) is 2.30. The number of benzene rings is 2. The monoisotopic (exact) mass is 384 g/mol. The smallest absolute Gasteiger partial charge is 0.254 e. The summed E-state index contributed by atoms with van der Waals surface area (Å²) in [6, 6.07) is 14.6. The molecule has 0 radical (unpaired) electrons.